The molecule has 2 aromatic rings. The average molecular weight is 314 g/mol. The Morgan fingerprint density at radius 1 is 1.52 bits per heavy atom. The molecule has 5 nitrogen and oxygen atoms in total. The number of carbonyl (C=O) groups excluding carboxylic acids is 1. The predicted molar refractivity (Wildman–Crippen MR) is 77.4 cm³/mol. The Morgan fingerprint density at radius 2 is 2.24 bits per heavy atom. The molecule has 0 saturated carbocycles. The summed E-state index contributed by atoms with van der Waals surface area (Å²) in [6.07, 6.45) is 3.26. The van der Waals surface area contributed by atoms with Crippen LogP contribution in [-0.2, 0) is 4.79 Å². The number of amides is 1. The molecule has 0 saturated heterocycles. The lowest BCUT2D eigenvalue weighted by Crippen LogP contribution is -2.19. The van der Waals surface area contributed by atoms with E-state index < -0.39 is 6.55 Å². The Hall–Kier alpha value is -1.83. The van der Waals surface area contributed by atoms with E-state index in [1.54, 1.807) is 6.92 Å². The molecule has 1 N–H and O–H groups in total. The number of halogens is 2. The van der Waals surface area contributed by atoms with E-state index >= 15 is 0 Å². The Labute approximate surface area is 125 Å². The third kappa shape index (κ3) is 3.26. The lowest BCUT2D eigenvalue weighted by Gasteiger charge is -2.06. The van der Waals surface area contributed by atoms with Crippen molar-refractivity contribution in [2.24, 2.45) is 5.92 Å². The van der Waals surface area contributed by atoms with Crippen LogP contribution < -0.4 is 5.32 Å². The van der Waals surface area contributed by atoms with Crippen LogP contribution >= 0.6 is 11.3 Å². The summed E-state index contributed by atoms with van der Waals surface area (Å²) in [4.78, 5) is 20.5. The summed E-state index contributed by atoms with van der Waals surface area (Å²) in [6.45, 7) is 2.78. The van der Waals surface area contributed by atoms with Gasteiger partial charge in [-0.25, -0.2) is 9.97 Å². The number of nitrogens with one attached hydrogen (secondary N) is 1. The molecule has 0 spiro atoms. The fourth-order valence-electron chi connectivity index (χ4n) is 1.72. The highest BCUT2D eigenvalue weighted by molar-refractivity contribution is 7.19. The van der Waals surface area contributed by atoms with Crippen molar-refractivity contribution >= 4 is 22.4 Å². The summed E-state index contributed by atoms with van der Waals surface area (Å²) in [5, 5.41) is 3.11. The van der Waals surface area contributed by atoms with Crippen LogP contribution in [0.15, 0.2) is 12.4 Å². The molecule has 0 aliphatic carbocycles. The second-order valence-corrected chi connectivity index (χ2v) is 5.67. The minimum absolute atomic E-state index is 0.124. The smallest absolute Gasteiger partial charge is 0.302 e. The summed E-state index contributed by atoms with van der Waals surface area (Å²) in [5.74, 6) is -0.0975. The second-order valence-electron chi connectivity index (χ2n) is 4.67. The van der Waals surface area contributed by atoms with E-state index in [0.29, 0.717) is 15.7 Å². The highest BCUT2D eigenvalue weighted by Crippen LogP contribution is 2.33. The van der Waals surface area contributed by atoms with Gasteiger partial charge in [0.2, 0.25) is 5.91 Å². The average Bonchev–Trinajstić information content (AvgIpc) is 3.03. The van der Waals surface area contributed by atoms with Crippen molar-refractivity contribution < 1.29 is 13.6 Å². The number of aromatic nitrogens is 3. The first kappa shape index (κ1) is 15.6. The van der Waals surface area contributed by atoms with Crippen LogP contribution in [-0.4, -0.2) is 20.4 Å². The van der Waals surface area contributed by atoms with Gasteiger partial charge >= 0.3 is 6.55 Å². The van der Waals surface area contributed by atoms with Gasteiger partial charge in [-0.05, 0) is 13.3 Å². The Balaban J connectivity index is 2.27. The van der Waals surface area contributed by atoms with Gasteiger partial charge in [0, 0.05) is 18.3 Å². The van der Waals surface area contributed by atoms with Gasteiger partial charge in [0.15, 0.2) is 11.0 Å². The number of alkyl halides is 2. The van der Waals surface area contributed by atoms with E-state index in [9.17, 15) is 13.6 Å². The van der Waals surface area contributed by atoms with E-state index in [0.717, 1.165) is 22.3 Å². The first-order valence-corrected chi connectivity index (χ1v) is 7.35. The number of aryl methyl sites for hydroxylation is 1. The summed E-state index contributed by atoms with van der Waals surface area (Å²) in [6, 6.07) is 0. The zero-order chi connectivity index (χ0) is 15.6. The quantitative estimate of drug-likeness (QED) is 0.915. The molecule has 114 valence electrons. The fraction of sp³-hybridized carbons (Fsp3) is 0.462. The van der Waals surface area contributed by atoms with Gasteiger partial charge in [-0.1, -0.05) is 25.2 Å². The molecule has 0 bridgehead atoms. The van der Waals surface area contributed by atoms with Gasteiger partial charge in [-0.2, -0.15) is 8.78 Å². The van der Waals surface area contributed by atoms with E-state index in [4.69, 9.17) is 0 Å². The minimum Gasteiger partial charge on any atom is -0.302 e. The highest BCUT2D eigenvalue weighted by atomic mass is 32.1. The van der Waals surface area contributed by atoms with Crippen molar-refractivity contribution in [1.82, 2.24) is 14.5 Å². The number of hydrogen-bond acceptors (Lipinski definition) is 4. The molecule has 2 rings (SSSR count). The van der Waals surface area contributed by atoms with Gasteiger partial charge in [0.05, 0.1) is 10.6 Å². The summed E-state index contributed by atoms with van der Waals surface area (Å²) >= 11 is 1.15. The lowest BCUT2D eigenvalue weighted by atomic mass is 10.1. The number of nitrogens with zero attached hydrogens (tertiary/aromatic N) is 3. The maximum atomic E-state index is 12.9. The van der Waals surface area contributed by atoms with Gasteiger partial charge < -0.3 is 5.32 Å². The zero-order valence-electron chi connectivity index (χ0n) is 11.9. The molecule has 0 aliphatic rings. The van der Waals surface area contributed by atoms with Crippen LogP contribution in [0.2, 0.25) is 0 Å². The zero-order valence-corrected chi connectivity index (χ0v) is 12.7. The standard InChI is InChI=1S/C13H16F2N4OS/c1-4-7(2)11(20)18-13-17-8(3)9(21-13)10-16-5-6-19(10)12(14)15/h5-7,12H,4H2,1-3H3,(H,17,18,20)/t7-/m1/s1. The van der Waals surface area contributed by atoms with E-state index in [1.165, 1.54) is 12.4 Å². The Morgan fingerprint density at radius 3 is 2.86 bits per heavy atom. The minimum atomic E-state index is -2.66. The van der Waals surface area contributed by atoms with E-state index in [1.807, 2.05) is 13.8 Å². The fourth-order valence-corrected chi connectivity index (χ4v) is 2.69. The predicted octanol–water partition coefficient (Wildman–Crippen LogP) is 3.69. The molecule has 21 heavy (non-hydrogen) atoms. The monoisotopic (exact) mass is 314 g/mol. The highest BCUT2D eigenvalue weighted by Gasteiger charge is 2.20. The first-order chi connectivity index (χ1) is 9.93. The van der Waals surface area contributed by atoms with Gasteiger partial charge in [0.25, 0.3) is 0 Å². The summed E-state index contributed by atoms with van der Waals surface area (Å²) in [5.41, 5.74) is 0.563. The topological polar surface area (TPSA) is 59.8 Å². The molecule has 0 radical (unpaired) electrons. The number of rotatable bonds is 5. The maximum absolute atomic E-state index is 12.9. The Bertz CT molecular complexity index is 638. The number of hydrogen-bond donors (Lipinski definition) is 1. The van der Waals surface area contributed by atoms with E-state index in [2.05, 4.69) is 15.3 Å². The normalized spacial score (nSPS) is 12.7. The van der Waals surface area contributed by atoms with Gasteiger partial charge in [-0.15, -0.1) is 0 Å². The number of carbonyl (C=O) groups is 1. The van der Waals surface area contributed by atoms with Gasteiger partial charge in [-0.3, -0.25) is 9.36 Å². The first-order valence-electron chi connectivity index (χ1n) is 6.53. The number of anilines is 1. The maximum Gasteiger partial charge on any atom is 0.320 e. The second kappa shape index (κ2) is 6.30. The van der Waals surface area contributed by atoms with Crippen LogP contribution in [0, 0.1) is 12.8 Å². The van der Waals surface area contributed by atoms with Crippen LogP contribution in [0.5, 0.6) is 0 Å². The molecule has 0 fully saturated rings. The molecular weight excluding hydrogens is 298 g/mol. The largest absolute Gasteiger partial charge is 0.320 e. The molecule has 1 atom stereocenters. The molecule has 0 aromatic carbocycles. The molecule has 0 unspecified atom stereocenters. The van der Waals surface area contributed by atoms with Crippen LogP contribution in [0.4, 0.5) is 13.9 Å². The van der Waals surface area contributed by atoms with Crippen LogP contribution in [0.1, 0.15) is 32.5 Å². The lowest BCUT2D eigenvalue weighted by molar-refractivity contribution is -0.119. The van der Waals surface area contributed by atoms with Crippen molar-refractivity contribution in [3.63, 3.8) is 0 Å². The van der Waals surface area contributed by atoms with E-state index in [-0.39, 0.29) is 17.6 Å². The molecule has 2 heterocycles. The summed E-state index contributed by atoms with van der Waals surface area (Å²) < 4.78 is 26.5. The summed E-state index contributed by atoms with van der Waals surface area (Å²) in [7, 11) is 0. The van der Waals surface area contributed by atoms with Crippen molar-refractivity contribution in [3.05, 3.63) is 18.1 Å². The molecule has 1 amide bonds. The molecule has 8 heteroatoms. The molecule has 2 aromatic heterocycles. The van der Waals surface area contributed by atoms with Crippen molar-refractivity contribution in [1.29, 1.82) is 0 Å². The number of imidazole rings is 1. The SMILES string of the molecule is CC[C@@H](C)C(=O)Nc1nc(C)c(-c2nccn2C(F)F)s1. The Kier molecular flexibility index (Phi) is 4.66. The third-order valence-corrected chi connectivity index (χ3v) is 4.24. The molecular formula is C13H16F2N4OS. The molecule has 0 aliphatic heterocycles. The number of thiazole rings is 1. The van der Waals surface area contributed by atoms with Crippen LogP contribution in [0.25, 0.3) is 10.7 Å². The van der Waals surface area contributed by atoms with Crippen LogP contribution in [0.3, 0.4) is 0 Å². The van der Waals surface area contributed by atoms with Crippen molar-refractivity contribution in [2.45, 2.75) is 33.7 Å². The third-order valence-electron chi connectivity index (χ3n) is 3.17. The van der Waals surface area contributed by atoms with Crippen molar-refractivity contribution in [3.8, 4) is 10.7 Å². The van der Waals surface area contributed by atoms with Gasteiger partial charge in [0.1, 0.15) is 0 Å². The van der Waals surface area contributed by atoms with Crippen molar-refractivity contribution in [2.75, 3.05) is 5.32 Å².